The number of unbranched alkanes of at least 4 members (excludes halogenated alkanes) is 1. The summed E-state index contributed by atoms with van der Waals surface area (Å²) in [6.45, 7) is 12.0. The molecular formula is C84H86ClF3N18O8. The molecule has 0 radical (unpaired) electrons. The number of fused-ring (bicyclic) bond motifs is 4. The Labute approximate surface area is 661 Å². The molecular weight excluding hydrogens is 1480 g/mol. The minimum atomic E-state index is -1.02. The average molecular weight is 1570 g/mol. The first-order chi connectivity index (χ1) is 55.0. The molecule has 1 aliphatic carbocycles. The first-order valence-corrected chi connectivity index (χ1v) is 38.9. The number of carbonyl (C=O) groups excluding carboxylic acids is 8. The van der Waals surface area contributed by atoms with E-state index in [2.05, 4.69) is 62.9 Å². The number of piperidine rings is 1. The Bertz CT molecular complexity index is 5360. The molecule has 7 aliphatic heterocycles. The average Bonchev–Trinajstić information content (AvgIpc) is 1.62. The van der Waals surface area contributed by atoms with Crippen LogP contribution in [0.3, 0.4) is 0 Å². The van der Waals surface area contributed by atoms with Crippen molar-refractivity contribution in [3.63, 3.8) is 0 Å². The van der Waals surface area contributed by atoms with Crippen LogP contribution in [0.25, 0.3) is 34.1 Å². The van der Waals surface area contributed by atoms with Crippen molar-refractivity contribution in [2.75, 3.05) is 105 Å². The number of Topliss-reactive ketones (excluding diaryl/α,β-unsaturated/α-hetero) is 2. The first-order valence-electron chi connectivity index (χ1n) is 38.9. The second-order valence-corrected chi connectivity index (χ2v) is 29.8. The lowest BCUT2D eigenvalue weighted by atomic mass is 9.92. The van der Waals surface area contributed by atoms with E-state index in [1.165, 1.54) is 18.2 Å². The number of hydrogen-bond donors (Lipinski definition) is 2. The molecule has 13 heterocycles. The van der Waals surface area contributed by atoms with Gasteiger partial charge in [0.25, 0.3) is 23.6 Å². The summed E-state index contributed by atoms with van der Waals surface area (Å²) in [6.07, 6.45) is 11.7. The summed E-state index contributed by atoms with van der Waals surface area (Å²) >= 11 is 0. The quantitative estimate of drug-likeness (QED) is 0.0459. The number of pyridine rings is 2. The molecule has 0 spiro atoms. The second kappa shape index (κ2) is 34.0. The Kier molecular flexibility index (Phi) is 23.1. The lowest BCUT2D eigenvalue weighted by Crippen LogP contribution is -2.54. The Morgan fingerprint density at radius 2 is 0.939 bits per heavy atom. The van der Waals surface area contributed by atoms with Crippen LogP contribution in [0, 0.1) is 17.5 Å². The predicted octanol–water partition coefficient (Wildman–Crippen LogP) is 10.1. The van der Waals surface area contributed by atoms with Crippen LogP contribution in [0.15, 0.2) is 158 Å². The van der Waals surface area contributed by atoms with Crippen LogP contribution in [0.4, 0.5) is 36.4 Å². The molecule has 0 bridgehead atoms. The highest BCUT2D eigenvalue weighted by atomic mass is 35.5. The maximum absolute atomic E-state index is 14.1. The second-order valence-electron chi connectivity index (χ2n) is 29.8. The van der Waals surface area contributed by atoms with Gasteiger partial charge < -0.3 is 25.3 Å². The van der Waals surface area contributed by atoms with E-state index >= 15 is 0 Å². The predicted molar refractivity (Wildman–Crippen MR) is 423 cm³/mol. The van der Waals surface area contributed by atoms with Gasteiger partial charge in [-0.15, -0.1) is 22.6 Å². The van der Waals surface area contributed by atoms with Crippen LogP contribution in [0.2, 0.25) is 0 Å². The number of anilines is 4. The number of hydrogen-bond acceptors (Lipinski definition) is 21. The summed E-state index contributed by atoms with van der Waals surface area (Å²) in [4.78, 5) is 133. The number of rotatable bonds is 18. The van der Waals surface area contributed by atoms with Gasteiger partial charge in [0.05, 0.1) is 70.6 Å². The van der Waals surface area contributed by atoms with E-state index in [4.69, 9.17) is 25.9 Å². The van der Waals surface area contributed by atoms with E-state index in [1.807, 2.05) is 82.1 Å². The normalized spacial score (nSPS) is 20.0. The largest absolute Gasteiger partial charge is 0.354 e. The number of imide groups is 3. The van der Waals surface area contributed by atoms with Gasteiger partial charge in [0.2, 0.25) is 11.8 Å². The number of aryl methyl sites for hydroxylation is 1. The van der Waals surface area contributed by atoms with Gasteiger partial charge in [-0.1, -0.05) is 42.5 Å². The molecule has 10 aromatic rings. The molecule has 30 heteroatoms. The summed E-state index contributed by atoms with van der Waals surface area (Å²) < 4.78 is 44.9. The molecule has 3 N–H and O–H groups in total. The third-order valence-corrected chi connectivity index (χ3v) is 22.6. The minimum absolute atomic E-state index is 0. The zero-order valence-corrected chi connectivity index (χ0v) is 63.6. The Morgan fingerprint density at radius 1 is 0.447 bits per heavy atom. The van der Waals surface area contributed by atoms with E-state index in [1.54, 1.807) is 36.4 Å². The van der Waals surface area contributed by atoms with E-state index in [0.717, 1.165) is 232 Å². The molecule has 4 atom stereocenters. The van der Waals surface area contributed by atoms with Gasteiger partial charge >= 0.3 is 0 Å². The monoisotopic (exact) mass is 1570 g/mol. The number of carbonyl (C=O) groups is 8. The fraction of sp³-hybridized carbons (Fsp3) is 0.357. The highest BCUT2D eigenvalue weighted by Gasteiger charge is 2.46. The van der Waals surface area contributed by atoms with Crippen LogP contribution < -0.4 is 30.7 Å². The number of aromatic nitrogens is 8. The van der Waals surface area contributed by atoms with E-state index < -0.39 is 53.3 Å². The first kappa shape index (κ1) is 77.7. The van der Waals surface area contributed by atoms with Crippen molar-refractivity contribution < 1.29 is 51.5 Å². The van der Waals surface area contributed by atoms with Gasteiger partial charge in [0.1, 0.15) is 63.9 Å². The van der Waals surface area contributed by atoms with Crippen molar-refractivity contribution in [1.82, 2.24) is 64.1 Å². The van der Waals surface area contributed by atoms with Crippen LogP contribution in [-0.2, 0) is 25.6 Å². The van der Waals surface area contributed by atoms with Crippen molar-refractivity contribution >= 4 is 94.0 Å². The zero-order valence-electron chi connectivity index (χ0n) is 62.7. The highest BCUT2D eigenvalue weighted by molar-refractivity contribution is 6.24. The number of amides is 6. The molecule has 6 fully saturated rings. The Hall–Kier alpha value is -11.7. The van der Waals surface area contributed by atoms with Crippen molar-refractivity contribution in [2.24, 2.45) is 5.73 Å². The Morgan fingerprint density at radius 3 is 1.46 bits per heavy atom. The van der Waals surface area contributed by atoms with Gasteiger partial charge in [-0.2, -0.15) is 0 Å². The van der Waals surface area contributed by atoms with Crippen LogP contribution >= 0.6 is 12.4 Å². The highest BCUT2D eigenvalue weighted by Crippen LogP contribution is 2.39. The van der Waals surface area contributed by atoms with E-state index in [9.17, 15) is 51.5 Å². The fourth-order valence-electron chi connectivity index (χ4n) is 16.8. The summed E-state index contributed by atoms with van der Waals surface area (Å²) in [6, 6.07) is 41.0. The smallest absolute Gasteiger partial charge is 0.262 e. The Balaban J connectivity index is 0.000000151. The number of nitrogens with one attached hydrogen (secondary N) is 1. The van der Waals surface area contributed by atoms with Crippen LogP contribution in [-0.4, -0.2) is 203 Å². The summed E-state index contributed by atoms with van der Waals surface area (Å²) in [5.74, 6) is -1.30. The molecule has 588 valence electrons. The standard InChI is InChI=1S/C43H43FN8O4.C28H33FN8.C13H9FN2O4.ClH/c44-30-8-3-7-29(25-30)35-10-5-19-50(35)41-17-16-39-45-27-37(52(39)47-41)34-9-4-11-40(46-34)49-22-20-48(21-23-49)18-2-1-6-28-12-14-32-33(24-28)43(56)51(42(32)55)36-15-13-31(53)26-38(36)54;29-22-6-1-5-21(19-22)24-8-3-14-36(24)28-11-10-26-31-20-25(37(26)33-28)23-7-2-9-27(32-23)35-17-15-34(16-18-35)13-4-12-30;14-6-1-2-7-8(5-6)13(20)16(12(7)19)9-3-4-10(17)15-11(9)18;/h3-4,7-9,11-12,14,16-17,24-25,27,35-36H,1-2,5-6,10,13,15,18-23,26H2;1-2,5-7,9-11,19-20,24H,3-4,8,12-18,30H2;1-2,5,9H,3-4H2,(H,15,17,18);1H/t35-,36?;24-;;/m11../s1. The third kappa shape index (κ3) is 16.2. The molecule has 4 aromatic carbocycles. The van der Waals surface area contributed by atoms with Gasteiger partial charge in [0.15, 0.2) is 17.1 Å². The topological polar surface area (TPSA) is 287 Å². The van der Waals surface area contributed by atoms with Gasteiger partial charge in [0, 0.05) is 78.3 Å². The van der Waals surface area contributed by atoms with Crippen molar-refractivity contribution in [2.45, 2.75) is 108 Å². The number of nitrogens with two attached hydrogens (primary N) is 1. The zero-order chi connectivity index (χ0) is 78.0. The van der Waals surface area contributed by atoms with Crippen LogP contribution in [0.1, 0.15) is 147 Å². The molecule has 8 aliphatic rings. The lowest BCUT2D eigenvalue weighted by Gasteiger charge is -2.35. The lowest BCUT2D eigenvalue weighted by molar-refractivity contribution is -0.136. The molecule has 26 nitrogen and oxygen atoms in total. The van der Waals surface area contributed by atoms with Crippen molar-refractivity contribution in [1.29, 1.82) is 0 Å². The maximum Gasteiger partial charge on any atom is 0.262 e. The van der Waals surface area contributed by atoms with Gasteiger partial charge in [-0.3, -0.25) is 63.3 Å². The van der Waals surface area contributed by atoms with E-state index in [-0.39, 0.29) is 90.9 Å². The minimum Gasteiger partial charge on any atom is -0.354 e. The number of benzene rings is 4. The molecule has 114 heavy (non-hydrogen) atoms. The molecule has 6 aromatic heterocycles. The molecule has 2 unspecified atom stereocenters. The summed E-state index contributed by atoms with van der Waals surface area (Å²) in [5, 5.41) is 12.1. The third-order valence-electron chi connectivity index (χ3n) is 22.6. The molecule has 18 rings (SSSR count). The summed E-state index contributed by atoms with van der Waals surface area (Å²) in [7, 11) is 0. The van der Waals surface area contributed by atoms with Gasteiger partial charge in [-0.05, 0) is 204 Å². The fourth-order valence-corrected chi connectivity index (χ4v) is 16.8. The molecule has 1 saturated carbocycles. The number of imidazole rings is 2. The van der Waals surface area contributed by atoms with Crippen LogP contribution in [0.5, 0.6) is 0 Å². The van der Waals surface area contributed by atoms with E-state index in [0.29, 0.717) is 11.1 Å². The number of nitrogens with zero attached hydrogens (tertiary/aromatic N) is 16. The maximum atomic E-state index is 14.1. The van der Waals surface area contributed by atoms with Crippen molar-refractivity contribution in [3.05, 3.63) is 214 Å². The number of ketones is 2. The number of piperazine rings is 2. The number of halogens is 4. The molecule has 6 amide bonds. The van der Waals surface area contributed by atoms with Crippen molar-refractivity contribution in [3.8, 4) is 22.8 Å². The summed E-state index contributed by atoms with van der Waals surface area (Å²) in [5.41, 5.74) is 14.2. The van der Waals surface area contributed by atoms with Gasteiger partial charge in [-0.25, -0.2) is 42.1 Å². The SMILES string of the molecule is Cl.NCCCN1CCN(c2cccc(-c3cnc4ccc(N5CCC[C@@H]5c5cccc(F)c5)nn34)n2)CC1.O=C1CCC(N2C(=O)c3ccc(CCCCN4CCN(c5cccc(-c6cnc7ccc(N8CCC[C@@H]8c8cccc(F)c8)nn67)n5)CC4)cc3C2=O)C(=O)C1.O=C1CCC(N2C(=O)c3ccc(F)cc3C2=O)C(=O)N1. The molecule has 5 saturated heterocycles.